The molecule has 0 saturated carbocycles. The van der Waals surface area contributed by atoms with Gasteiger partial charge in [0.25, 0.3) is 0 Å². The molecule has 0 N–H and O–H groups in total. The van der Waals surface area contributed by atoms with Gasteiger partial charge < -0.3 is 0 Å². The third-order valence-electron chi connectivity index (χ3n) is 1.81. The third-order valence-corrected chi connectivity index (χ3v) is 2.24. The fraction of sp³-hybridized carbons (Fsp3) is 0. The first-order chi connectivity index (χ1) is 7.24. The minimum Gasteiger partial charge on any atom is -0.263 e. The van der Waals surface area contributed by atoms with Crippen molar-refractivity contribution in [1.29, 1.82) is 0 Å². The fourth-order valence-electron chi connectivity index (χ4n) is 1.17. The second-order valence-corrected chi connectivity index (χ2v) is 3.82. The quantitative estimate of drug-likeness (QED) is 0.749. The zero-order valence-electron chi connectivity index (χ0n) is 7.69. The number of nitrogens with zero attached hydrogens (tertiary/aromatic N) is 2. The summed E-state index contributed by atoms with van der Waals surface area (Å²) in [6.07, 6.45) is 6.96. The normalized spacial score (nSPS) is 10.3. The molecule has 4 heteroatoms. The van der Waals surface area contributed by atoms with Gasteiger partial charge in [0.1, 0.15) is 5.15 Å². The first kappa shape index (κ1) is 10.4. The van der Waals surface area contributed by atoms with Crippen LogP contribution >= 0.6 is 23.2 Å². The van der Waals surface area contributed by atoms with Crippen molar-refractivity contribution in [2.75, 3.05) is 0 Å². The van der Waals surface area contributed by atoms with E-state index in [0.717, 1.165) is 11.1 Å². The van der Waals surface area contributed by atoms with Crippen molar-refractivity contribution in [3.05, 3.63) is 64.5 Å². The maximum absolute atomic E-state index is 5.82. The first-order valence-electron chi connectivity index (χ1n) is 4.31. The maximum atomic E-state index is 5.82. The zero-order valence-corrected chi connectivity index (χ0v) is 9.20. The summed E-state index contributed by atoms with van der Waals surface area (Å²) in [6, 6.07) is 5.46. The van der Waals surface area contributed by atoms with Crippen LogP contribution in [-0.4, -0.2) is 9.97 Å². The monoisotopic (exact) mass is 237 g/mol. The molecule has 0 spiro atoms. The van der Waals surface area contributed by atoms with Gasteiger partial charge in [-0.05, 0) is 23.3 Å². The SMILES string of the molecule is Clc1cncc([CH]c2ccc(Cl)nc2)c1. The Morgan fingerprint density at radius 2 is 1.87 bits per heavy atom. The number of pyridine rings is 2. The van der Waals surface area contributed by atoms with Gasteiger partial charge in [0.05, 0.1) is 5.02 Å². The summed E-state index contributed by atoms with van der Waals surface area (Å²) in [4.78, 5) is 7.97. The number of rotatable bonds is 2. The van der Waals surface area contributed by atoms with Crippen molar-refractivity contribution in [2.45, 2.75) is 0 Å². The van der Waals surface area contributed by atoms with Gasteiger partial charge in [-0.1, -0.05) is 29.3 Å². The van der Waals surface area contributed by atoms with Crippen LogP contribution in [-0.2, 0) is 0 Å². The average Bonchev–Trinajstić information content (AvgIpc) is 2.22. The van der Waals surface area contributed by atoms with Gasteiger partial charge in [0.15, 0.2) is 0 Å². The second kappa shape index (κ2) is 4.60. The molecule has 0 aliphatic carbocycles. The van der Waals surface area contributed by atoms with Crippen molar-refractivity contribution in [3.8, 4) is 0 Å². The Morgan fingerprint density at radius 3 is 2.53 bits per heavy atom. The van der Waals surface area contributed by atoms with E-state index >= 15 is 0 Å². The number of hydrogen-bond acceptors (Lipinski definition) is 2. The lowest BCUT2D eigenvalue weighted by atomic mass is 10.1. The van der Waals surface area contributed by atoms with Gasteiger partial charge >= 0.3 is 0 Å². The van der Waals surface area contributed by atoms with Gasteiger partial charge in [-0.25, -0.2) is 4.98 Å². The van der Waals surface area contributed by atoms with Crippen LogP contribution in [0.2, 0.25) is 10.2 Å². The highest BCUT2D eigenvalue weighted by Gasteiger charge is 1.99. The van der Waals surface area contributed by atoms with E-state index in [4.69, 9.17) is 23.2 Å². The van der Waals surface area contributed by atoms with Crippen LogP contribution in [0.5, 0.6) is 0 Å². The molecule has 0 atom stereocenters. The van der Waals surface area contributed by atoms with E-state index < -0.39 is 0 Å². The molecule has 2 nitrogen and oxygen atoms in total. The Balaban J connectivity index is 2.18. The standard InChI is InChI=1S/C11H7Cl2N2/c12-10-4-9(5-14-7-10)3-8-1-2-11(13)15-6-8/h1-7H. The van der Waals surface area contributed by atoms with E-state index in [1.54, 1.807) is 24.7 Å². The maximum Gasteiger partial charge on any atom is 0.129 e. The summed E-state index contributed by atoms with van der Waals surface area (Å²) in [5.74, 6) is 0. The molecule has 0 aliphatic rings. The van der Waals surface area contributed by atoms with E-state index in [2.05, 4.69) is 9.97 Å². The predicted octanol–water partition coefficient (Wildman–Crippen LogP) is 3.38. The lowest BCUT2D eigenvalue weighted by Gasteiger charge is -2.00. The molecule has 0 aromatic carbocycles. The number of halogens is 2. The summed E-state index contributed by atoms with van der Waals surface area (Å²) >= 11 is 11.5. The molecule has 2 aromatic heterocycles. The predicted molar refractivity (Wildman–Crippen MR) is 61.0 cm³/mol. The van der Waals surface area contributed by atoms with E-state index in [9.17, 15) is 0 Å². The minimum atomic E-state index is 0.483. The molecule has 75 valence electrons. The average molecular weight is 238 g/mol. The van der Waals surface area contributed by atoms with Crippen LogP contribution in [0, 0.1) is 6.42 Å². The Bertz CT molecular complexity index is 454. The summed E-state index contributed by atoms with van der Waals surface area (Å²) in [5.41, 5.74) is 1.90. The number of hydrogen-bond donors (Lipinski definition) is 0. The highest BCUT2D eigenvalue weighted by Crippen LogP contribution is 2.15. The molecule has 2 heterocycles. The summed E-state index contributed by atoms with van der Waals surface area (Å²) in [7, 11) is 0. The van der Waals surface area contributed by atoms with Crippen LogP contribution in [0.3, 0.4) is 0 Å². The van der Waals surface area contributed by atoms with Crippen molar-refractivity contribution >= 4 is 23.2 Å². The van der Waals surface area contributed by atoms with E-state index in [0.29, 0.717) is 10.2 Å². The molecule has 0 saturated heterocycles. The molecule has 15 heavy (non-hydrogen) atoms. The second-order valence-electron chi connectivity index (χ2n) is 3.00. The van der Waals surface area contributed by atoms with Crippen LogP contribution in [0.25, 0.3) is 0 Å². The largest absolute Gasteiger partial charge is 0.263 e. The van der Waals surface area contributed by atoms with Gasteiger partial charge in [-0.3, -0.25) is 4.98 Å². The molecule has 2 aromatic rings. The fourth-order valence-corrected chi connectivity index (χ4v) is 1.47. The first-order valence-corrected chi connectivity index (χ1v) is 5.06. The van der Waals surface area contributed by atoms with Crippen molar-refractivity contribution in [1.82, 2.24) is 9.97 Å². The van der Waals surface area contributed by atoms with Crippen LogP contribution in [0.4, 0.5) is 0 Å². The van der Waals surface area contributed by atoms with E-state index in [1.165, 1.54) is 0 Å². The Kier molecular flexibility index (Phi) is 3.19. The molecule has 2 rings (SSSR count). The van der Waals surface area contributed by atoms with E-state index in [1.807, 2.05) is 18.6 Å². The van der Waals surface area contributed by atoms with Crippen LogP contribution in [0.15, 0.2) is 36.8 Å². The lowest BCUT2D eigenvalue weighted by molar-refractivity contribution is 1.24. The highest BCUT2D eigenvalue weighted by molar-refractivity contribution is 6.30. The topological polar surface area (TPSA) is 25.8 Å². The Hall–Kier alpha value is -1.12. The Labute approximate surface area is 97.9 Å². The molecule has 0 fully saturated rings. The van der Waals surface area contributed by atoms with Gasteiger partial charge in [0, 0.05) is 25.0 Å². The van der Waals surface area contributed by atoms with Crippen molar-refractivity contribution < 1.29 is 0 Å². The molecule has 1 radical (unpaired) electrons. The van der Waals surface area contributed by atoms with Gasteiger partial charge in [0.2, 0.25) is 0 Å². The molecule has 0 amide bonds. The molecular weight excluding hydrogens is 231 g/mol. The summed E-state index contributed by atoms with van der Waals surface area (Å²) in [6.45, 7) is 0. The smallest absolute Gasteiger partial charge is 0.129 e. The zero-order chi connectivity index (χ0) is 10.7. The van der Waals surface area contributed by atoms with Crippen LogP contribution < -0.4 is 0 Å². The lowest BCUT2D eigenvalue weighted by Crippen LogP contribution is -1.87. The van der Waals surface area contributed by atoms with Gasteiger partial charge in [-0.2, -0.15) is 0 Å². The van der Waals surface area contributed by atoms with Gasteiger partial charge in [-0.15, -0.1) is 0 Å². The summed E-state index contributed by atoms with van der Waals surface area (Å²) < 4.78 is 0. The molecular formula is C11H7Cl2N2. The van der Waals surface area contributed by atoms with Crippen molar-refractivity contribution in [3.63, 3.8) is 0 Å². The number of aromatic nitrogens is 2. The molecule has 0 unspecified atom stereocenters. The van der Waals surface area contributed by atoms with Crippen LogP contribution in [0.1, 0.15) is 11.1 Å². The minimum absolute atomic E-state index is 0.483. The third kappa shape index (κ3) is 2.91. The summed E-state index contributed by atoms with van der Waals surface area (Å²) in [5, 5.41) is 1.10. The molecule has 0 bridgehead atoms. The van der Waals surface area contributed by atoms with E-state index in [-0.39, 0.29) is 0 Å². The van der Waals surface area contributed by atoms with Crippen molar-refractivity contribution in [2.24, 2.45) is 0 Å². The Morgan fingerprint density at radius 1 is 1.00 bits per heavy atom. The molecule has 0 aliphatic heterocycles. The highest BCUT2D eigenvalue weighted by atomic mass is 35.5.